The van der Waals surface area contributed by atoms with Gasteiger partial charge in [0.05, 0.1) is 51.5 Å². The van der Waals surface area contributed by atoms with Crippen LogP contribution in [0.1, 0.15) is 39.5 Å². The standard InChI is InChI=1S/C18H35NO4S.ClH/c1-18(2)15-16(17(20)19(18)3)7-5-6-13-24-14-12-23-11-10-22-9-8-21-4;/h16H,5-15H2,1-4H3;1H. The van der Waals surface area contributed by atoms with Gasteiger partial charge in [-0.1, -0.05) is 6.42 Å². The second-order valence-corrected chi connectivity index (χ2v) is 8.32. The largest absolute Gasteiger partial charge is 1.00 e. The number of quaternary nitrogens is 1. The molecule has 0 spiro atoms. The van der Waals surface area contributed by atoms with Gasteiger partial charge in [0.25, 0.3) is 0 Å². The van der Waals surface area contributed by atoms with Gasteiger partial charge in [0.1, 0.15) is 0 Å². The van der Waals surface area contributed by atoms with Crippen molar-refractivity contribution in [2.75, 3.05) is 58.7 Å². The highest BCUT2D eigenvalue weighted by molar-refractivity contribution is 7.99. The van der Waals surface area contributed by atoms with Gasteiger partial charge in [-0.25, -0.2) is 4.79 Å². The number of thioether (sulfide) groups is 1. The molecule has 1 amide bonds. The molecule has 0 bridgehead atoms. The molecule has 1 aliphatic heterocycles. The first-order valence-corrected chi connectivity index (χ1v) is 10.2. The van der Waals surface area contributed by atoms with Crippen LogP contribution < -0.4 is 17.3 Å². The highest BCUT2D eigenvalue weighted by atomic mass is 35.5. The Morgan fingerprint density at radius 1 is 1.08 bits per heavy atom. The Labute approximate surface area is 163 Å². The Morgan fingerprint density at radius 2 is 1.72 bits per heavy atom. The Bertz CT molecular complexity index is 358. The summed E-state index contributed by atoms with van der Waals surface area (Å²) in [6.07, 6.45) is 4.43. The number of halogens is 1. The lowest BCUT2D eigenvalue weighted by molar-refractivity contribution is -0.843. The number of likely N-dealkylation sites (tertiary alicyclic amines) is 1. The van der Waals surface area contributed by atoms with Crippen molar-refractivity contribution in [2.24, 2.45) is 5.92 Å². The molecule has 0 aromatic heterocycles. The van der Waals surface area contributed by atoms with Gasteiger partial charge in [0.15, 0.2) is 0 Å². The number of ether oxygens (including phenoxy) is 3. The van der Waals surface area contributed by atoms with Crippen LogP contribution in [0.2, 0.25) is 0 Å². The molecule has 1 N–H and O–H groups in total. The summed E-state index contributed by atoms with van der Waals surface area (Å²) < 4.78 is 15.7. The van der Waals surface area contributed by atoms with E-state index >= 15 is 0 Å². The van der Waals surface area contributed by atoms with E-state index in [9.17, 15) is 4.79 Å². The molecular weight excluding hydrogens is 362 g/mol. The lowest BCUT2D eigenvalue weighted by Gasteiger charge is -2.21. The van der Waals surface area contributed by atoms with Crippen LogP contribution in [0, 0.1) is 5.92 Å². The van der Waals surface area contributed by atoms with Crippen molar-refractivity contribution < 1.29 is 36.3 Å². The van der Waals surface area contributed by atoms with Crippen LogP contribution in [0.5, 0.6) is 0 Å². The number of nitrogens with one attached hydrogen (secondary N) is 1. The van der Waals surface area contributed by atoms with E-state index in [2.05, 4.69) is 13.8 Å². The van der Waals surface area contributed by atoms with Crippen LogP contribution in [0.4, 0.5) is 0 Å². The number of unbranched alkanes of at least 4 members (excludes halogenated alkanes) is 1. The van der Waals surface area contributed by atoms with Crippen molar-refractivity contribution in [1.82, 2.24) is 0 Å². The quantitative estimate of drug-likeness (QED) is 0.358. The van der Waals surface area contributed by atoms with Gasteiger partial charge in [-0.2, -0.15) is 11.8 Å². The Morgan fingerprint density at radius 3 is 2.32 bits per heavy atom. The molecule has 1 heterocycles. The van der Waals surface area contributed by atoms with E-state index in [0.29, 0.717) is 32.3 Å². The predicted molar refractivity (Wildman–Crippen MR) is 98.8 cm³/mol. The van der Waals surface area contributed by atoms with Crippen molar-refractivity contribution in [3.63, 3.8) is 0 Å². The number of hydrogen-bond acceptors (Lipinski definition) is 5. The lowest BCUT2D eigenvalue weighted by Crippen LogP contribution is -3.16. The smallest absolute Gasteiger partial charge is 0.315 e. The molecule has 0 aliphatic carbocycles. The minimum atomic E-state index is 0. The van der Waals surface area contributed by atoms with Crippen molar-refractivity contribution in [1.29, 1.82) is 0 Å². The first-order valence-electron chi connectivity index (χ1n) is 9.09. The molecule has 0 saturated carbocycles. The van der Waals surface area contributed by atoms with Crippen LogP contribution in [-0.2, 0) is 19.0 Å². The zero-order valence-corrected chi connectivity index (χ0v) is 17.8. The van der Waals surface area contributed by atoms with E-state index in [1.807, 2.05) is 18.8 Å². The maximum atomic E-state index is 12.2. The minimum Gasteiger partial charge on any atom is -1.00 e. The van der Waals surface area contributed by atoms with E-state index in [1.54, 1.807) is 7.11 Å². The van der Waals surface area contributed by atoms with Crippen LogP contribution in [0.15, 0.2) is 0 Å². The fourth-order valence-electron chi connectivity index (χ4n) is 3.01. The van der Waals surface area contributed by atoms with Gasteiger partial charge in [0, 0.05) is 19.3 Å². The number of methoxy groups -OCH3 is 1. The maximum absolute atomic E-state index is 12.2. The summed E-state index contributed by atoms with van der Waals surface area (Å²) in [6.45, 7) is 7.72. The zero-order valence-electron chi connectivity index (χ0n) is 16.3. The average molecular weight is 398 g/mol. The van der Waals surface area contributed by atoms with E-state index in [4.69, 9.17) is 14.2 Å². The van der Waals surface area contributed by atoms with Gasteiger partial charge in [0.2, 0.25) is 0 Å². The second kappa shape index (κ2) is 14.2. The summed E-state index contributed by atoms with van der Waals surface area (Å²) in [7, 11) is 3.68. The molecule has 1 rings (SSSR count). The number of amides is 1. The second-order valence-electron chi connectivity index (χ2n) is 7.10. The van der Waals surface area contributed by atoms with Gasteiger partial charge in [-0.05, 0) is 32.4 Å². The number of hydrogen-bond donors (Lipinski definition) is 1. The molecule has 2 atom stereocenters. The maximum Gasteiger partial charge on any atom is 0.315 e. The van der Waals surface area contributed by atoms with Crippen molar-refractivity contribution in [2.45, 2.75) is 45.1 Å². The highest BCUT2D eigenvalue weighted by Gasteiger charge is 2.47. The molecule has 0 radical (unpaired) electrons. The first-order chi connectivity index (χ1) is 11.5. The summed E-state index contributed by atoms with van der Waals surface area (Å²) in [5.74, 6) is 2.86. The predicted octanol–water partition coefficient (Wildman–Crippen LogP) is -1.59. The molecule has 7 heteroatoms. The van der Waals surface area contributed by atoms with E-state index in [1.165, 1.54) is 6.42 Å². The summed E-state index contributed by atoms with van der Waals surface area (Å²) >= 11 is 1.93. The van der Waals surface area contributed by atoms with Crippen LogP contribution in [-0.4, -0.2) is 70.1 Å². The molecule has 1 aliphatic rings. The minimum absolute atomic E-state index is 0. The summed E-state index contributed by atoms with van der Waals surface area (Å²) in [5.41, 5.74) is 0.112. The van der Waals surface area contributed by atoms with Crippen LogP contribution >= 0.6 is 11.8 Å². The molecule has 1 saturated heterocycles. The topological polar surface area (TPSA) is 49.2 Å². The molecule has 150 valence electrons. The Hall–Kier alpha value is 0.150. The molecule has 25 heavy (non-hydrogen) atoms. The fourth-order valence-corrected chi connectivity index (χ4v) is 3.86. The van der Waals surface area contributed by atoms with E-state index in [0.717, 1.165) is 42.3 Å². The summed E-state index contributed by atoms with van der Waals surface area (Å²) in [4.78, 5) is 13.3. The van der Waals surface area contributed by atoms with Crippen molar-refractivity contribution in [3.8, 4) is 0 Å². The van der Waals surface area contributed by atoms with Crippen molar-refractivity contribution >= 4 is 17.7 Å². The molecule has 5 nitrogen and oxygen atoms in total. The number of carbonyl (C=O) groups excluding carboxylic acids is 1. The van der Waals surface area contributed by atoms with Crippen LogP contribution in [0.3, 0.4) is 0 Å². The molecule has 0 aromatic carbocycles. The van der Waals surface area contributed by atoms with Gasteiger partial charge < -0.3 is 26.6 Å². The SMILES string of the molecule is COCCOCCOCCSCCCCC1CC(C)(C)[NH+](C)C1=O.[Cl-]. The molecule has 2 unspecified atom stereocenters. The van der Waals surface area contributed by atoms with Crippen LogP contribution in [0.25, 0.3) is 0 Å². The Balaban J connectivity index is 0.00000576. The molecule has 1 fully saturated rings. The monoisotopic (exact) mass is 397 g/mol. The van der Waals surface area contributed by atoms with Gasteiger partial charge in [-0.15, -0.1) is 0 Å². The van der Waals surface area contributed by atoms with Gasteiger partial charge >= 0.3 is 5.91 Å². The summed E-state index contributed by atoms with van der Waals surface area (Å²) in [6, 6.07) is 0. The highest BCUT2D eigenvalue weighted by Crippen LogP contribution is 2.24. The lowest BCUT2D eigenvalue weighted by atomic mass is 9.93. The normalized spacial score (nSPS) is 22.2. The average Bonchev–Trinajstić information content (AvgIpc) is 2.75. The van der Waals surface area contributed by atoms with Crippen molar-refractivity contribution in [3.05, 3.63) is 0 Å². The molecular formula is C18H36ClNO4S. The van der Waals surface area contributed by atoms with E-state index < -0.39 is 0 Å². The first kappa shape index (κ1) is 25.1. The van der Waals surface area contributed by atoms with E-state index in [-0.39, 0.29) is 23.9 Å². The summed E-state index contributed by atoms with van der Waals surface area (Å²) in [5, 5.41) is 0. The number of carbonyl (C=O) groups is 1. The number of rotatable bonds is 14. The zero-order chi connectivity index (χ0) is 17.8. The third-order valence-corrected chi connectivity index (χ3v) is 5.81. The molecule has 0 aromatic rings. The Kier molecular flexibility index (Phi) is 14.3. The fraction of sp³-hybridized carbons (Fsp3) is 0.944. The van der Waals surface area contributed by atoms with Gasteiger partial charge in [-0.3, -0.25) is 4.90 Å². The third kappa shape index (κ3) is 10.2. The third-order valence-electron chi connectivity index (χ3n) is 4.78.